The molecule has 3 saturated heterocycles. The molecule has 6 amide bonds. The van der Waals surface area contributed by atoms with Crippen LogP contribution in [0, 0.1) is 6.92 Å². The summed E-state index contributed by atoms with van der Waals surface area (Å²) in [6.45, 7) is 2.15. The molecule has 0 radical (unpaired) electrons. The van der Waals surface area contributed by atoms with E-state index in [1.54, 1.807) is 11.0 Å². The van der Waals surface area contributed by atoms with Crippen LogP contribution in [0.25, 0.3) is 0 Å². The fourth-order valence-electron chi connectivity index (χ4n) is 5.86. The maximum Gasteiger partial charge on any atom is 1.00 e. The number of carbonyl (C=O) groups excluding carboxylic acids is 5. The summed E-state index contributed by atoms with van der Waals surface area (Å²) in [7, 11) is 0. The van der Waals surface area contributed by atoms with Gasteiger partial charge < -0.3 is 35.9 Å². The van der Waals surface area contributed by atoms with E-state index in [-0.39, 0.29) is 65.6 Å². The van der Waals surface area contributed by atoms with Crippen LogP contribution >= 0.6 is 58.4 Å². The van der Waals surface area contributed by atoms with Crippen LogP contribution in [0.4, 0.5) is 15.3 Å². The minimum atomic E-state index is -1.93. The zero-order valence-electron chi connectivity index (χ0n) is 24.9. The summed E-state index contributed by atoms with van der Waals surface area (Å²) in [5, 5.41) is 39.3. The number of amides is 6. The number of hydrogen-bond acceptors (Lipinski definition) is 15. The third-order valence-electron chi connectivity index (χ3n) is 7.95. The molecule has 0 aliphatic carbocycles. The van der Waals surface area contributed by atoms with E-state index in [0.29, 0.717) is 21.2 Å². The Kier molecular flexibility index (Phi) is 9.94. The predicted molar refractivity (Wildman–Crippen MR) is 172 cm³/mol. The number of aryl methyl sites for hydroxylation is 1. The fourth-order valence-corrected chi connectivity index (χ4v) is 12.1. The molecule has 2 unspecified atom stereocenters. The van der Waals surface area contributed by atoms with Crippen molar-refractivity contribution in [2.24, 2.45) is 0 Å². The first-order chi connectivity index (χ1) is 22.1. The van der Waals surface area contributed by atoms with Crippen LogP contribution in [0.3, 0.4) is 0 Å². The Balaban J connectivity index is 0.00000386. The number of carbonyl (C=O) groups is 5. The van der Waals surface area contributed by atoms with Gasteiger partial charge in [-0.2, -0.15) is 0 Å². The minimum absolute atomic E-state index is 0. The molecule has 6 heterocycles. The van der Waals surface area contributed by atoms with Gasteiger partial charge in [0, 0.05) is 41.7 Å². The number of aromatic hydroxyl groups is 1. The van der Waals surface area contributed by atoms with Gasteiger partial charge in [0.2, 0.25) is 5.66 Å². The quantitative estimate of drug-likeness (QED) is 0.123. The average Bonchev–Trinajstić information content (AvgIpc) is 3.84. The second-order valence-electron chi connectivity index (χ2n) is 10.6. The Bertz CT molecular complexity index is 1710. The molecule has 0 saturated carbocycles. The van der Waals surface area contributed by atoms with Crippen LogP contribution in [-0.4, -0.2) is 107 Å². The number of urea groups is 2. The van der Waals surface area contributed by atoms with Crippen LogP contribution < -0.4 is 55.5 Å². The number of anilines is 1. The zero-order valence-corrected chi connectivity index (χ0v) is 31.0. The van der Waals surface area contributed by atoms with Gasteiger partial charge in [-0.05, 0) is 24.6 Å². The molecule has 2 aromatic rings. The summed E-state index contributed by atoms with van der Waals surface area (Å²) in [6.07, 6.45) is 0. The van der Waals surface area contributed by atoms with Crippen LogP contribution in [0.1, 0.15) is 10.6 Å². The second kappa shape index (κ2) is 13.5. The molecule has 47 heavy (non-hydrogen) atoms. The number of phenols is 1. The Hall–Kier alpha value is -2.33. The van der Waals surface area contributed by atoms with E-state index in [1.807, 2.05) is 6.92 Å². The van der Waals surface area contributed by atoms with Crippen molar-refractivity contribution in [2.75, 3.05) is 41.0 Å². The van der Waals surface area contributed by atoms with Crippen molar-refractivity contribution < 1.29 is 63.7 Å². The molecule has 3 fully saturated rings. The number of β-lactam (4-membered cyclic amide) rings is 1. The number of nitrogens with one attached hydrogen (secondary N) is 3. The van der Waals surface area contributed by atoms with Gasteiger partial charge in [0.15, 0.2) is 4.34 Å². The van der Waals surface area contributed by atoms with Crippen LogP contribution in [0.2, 0.25) is 0 Å². The molecule has 1 aromatic heterocycles. The number of aliphatic carboxylic acids is 1. The van der Waals surface area contributed by atoms with Crippen molar-refractivity contribution in [1.29, 1.82) is 0 Å². The summed E-state index contributed by atoms with van der Waals surface area (Å²) in [5.41, 5.74) is -1.02. The van der Waals surface area contributed by atoms with Crippen LogP contribution in [0.5, 0.6) is 5.75 Å². The minimum Gasteiger partial charge on any atom is -0.543 e. The predicted octanol–water partition coefficient (Wildman–Crippen LogP) is -2.78. The first-order valence-electron chi connectivity index (χ1n) is 14.0. The first kappa shape index (κ1) is 34.5. The normalized spacial score (nSPS) is 24.9. The summed E-state index contributed by atoms with van der Waals surface area (Å²) < 4.78 is 0.273. The van der Waals surface area contributed by atoms with E-state index in [2.05, 4.69) is 26.1 Å². The standard InChI is InChI=1S/C26H26N8O7S5.Na/c1-11-30-31-24(46-11)45-10-12-9-44-19-16(18(36)33(19)17(12)20(37)38)28-21(39)26(29-23(41)32-5-4-27-22(32)40)13-2-3-15(35)14(8-13)34(26)25-42-6-7-43-25;/h2-3,8,16,19,25,35H,4-7,9-10H2,1H3,(H,27,40)(H,28,39)(H,29,41)(H,37,38);/q;+1/p-1/t16?,19-,26?;/m0./s1. The number of hydrogen-bond donors (Lipinski definition) is 4. The van der Waals surface area contributed by atoms with Gasteiger partial charge in [-0.1, -0.05) is 29.2 Å². The number of fused-ring (bicyclic) bond motifs is 3. The first-order valence-corrected chi connectivity index (χ1v) is 18.9. The van der Waals surface area contributed by atoms with Crippen LogP contribution in [0.15, 0.2) is 33.8 Å². The Labute approximate surface area is 311 Å². The topological polar surface area (TPSA) is 200 Å². The summed E-state index contributed by atoms with van der Waals surface area (Å²) in [5.74, 6) is -0.942. The number of carboxylic acid groups (broad SMARTS) is 1. The van der Waals surface area contributed by atoms with E-state index >= 15 is 0 Å². The third kappa shape index (κ3) is 5.87. The SMILES string of the molecule is Cc1nnc(SCC2=C(C(=O)[O-])N3C(=O)C(NC(=O)C4(NC(=O)N5CCNC5=O)c5ccc(O)c(c5)N4C4SCCS4)[C@@H]3SC2)s1.[Na+]. The van der Waals surface area contributed by atoms with Gasteiger partial charge in [-0.25, -0.2) is 14.5 Å². The number of carboxylic acids is 1. The van der Waals surface area contributed by atoms with Gasteiger partial charge in [0.25, 0.3) is 11.8 Å². The molecule has 2 bridgehead atoms. The summed E-state index contributed by atoms with van der Waals surface area (Å²) in [4.78, 5) is 70.1. The van der Waals surface area contributed by atoms with Crippen molar-refractivity contribution >= 4 is 93.9 Å². The number of benzene rings is 1. The molecule has 4 N–H and O–H groups in total. The van der Waals surface area contributed by atoms with Crippen molar-refractivity contribution in [3.05, 3.63) is 40.0 Å². The maximum absolute atomic E-state index is 14.6. The molecule has 3 atom stereocenters. The van der Waals surface area contributed by atoms with Gasteiger partial charge in [-0.3, -0.25) is 14.5 Å². The molecule has 5 aliphatic heterocycles. The van der Waals surface area contributed by atoms with Gasteiger partial charge in [0.05, 0.1) is 17.4 Å². The van der Waals surface area contributed by atoms with E-state index in [9.17, 15) is 34.2 Å². The van der Waals surface area contributed by atoms with Crippen LogP contribution in [-0.2, 0) is 20.0 Å². The van der Waals surface area contributed by atoms with Crippen molar-refractivity contribution in [2.45, 2.75) is 33.0 Å². The molecule has 7 rings (SSSR count). The number of imide groups is 1. The molecule has 15 nitrogen and oxygen atoms in total. The average molecular weight is 745 g/mol. The molecule has 5 aliphatic rings. The van der Waals surface area contributed by atoms with Crippen molar-refractivity contribution in [1.82, 2.24) is 35.9 Å². The van der Waals surface area contributed by atoms with Crippen molar-refractivity contribution in [3.63, 3.8) is 0 Å². The summed E-state index contributed by atoms with van der Waals surface area (Å²) >= 11 is 7.06. The fraction of sp³-hybridized carbons (Fsp3) is 0.423. The zero-order chi connectivity index (χ0) is 32.3. The number of phenolic OH excluding ortho intramolecular Hbond substituents is 1. The Morgan fingerprint density at radius 1 is 1.19 bits per heavy atom. The Morgan fingerprint density at radius 3 is 2.62 bits per heavy atom. The molecular formula is C26H25N8NaO7S5. The van der Waals surface area contributed by atoms with Crippen molar-refractivity contribution in [3.8, 4) is 5.75 Å². The van der Waals surface area contributed by atoms with Gasteiger partial charge in [0.1, 0.15) is 26.9 Å². The summed E-state index contributed by atoms with van der Waals surface area (Å²) in [6, 6.07) is 1.99. The third-order valence-corrected chi connectivity index (χ3v) is 14.3. The molecule has 0 spiro atoms. The molecule has 1 aromatic carbocycles. The van der Waals surface area contributed by atoms with Gasteiger partial charge >= 0.3 is 41.6 Å². The second-order valence-corrected chi connectivity index (χ2v) is 16.8. The number of aromatic nitrogens is 2. The van der Waals surface area contributed by atoms with E-state index in [0.717, 1.165) is 26.3 Å². The monoisotopic (exact) mass is 744 g/mol. The molecular weight excluding hydrogens is 720 g/mol. The van der Waals surface area contributed by atoms with E-state index in [4.69, 9.17) is 0 Å². The van der Waals surface area contributed by atoms with E-state index < -0.39 is 51.6 Å². The number of nitrogens with zero attached hydrogens (tertiary/aromatic N) is 5. The smallest absolute Gasteiger partial charge is 0.543 e. The number of thioether (sulfide) groups is 4. The maximum atomic E-state index is 14.6. The van der Waals surface area contributed by atoms with Gasteiger partial charge in [-0.15, -0.1) is 45.5 Å². The number of rotatable bonds is 8. The molecule has 242 valence electrons. The molecule has 21 heteroatoms. The largest absolute Gasteiger partial charge is 1.00 e. The van der Waals surface area contributed by atoms with E-state index in [1.165, 1.54) is 70.5 Å². The Morgan fingerprint density at radius 2 is 1.96 bits per heavy atom.